The van der Waals surface area contributed by atoms with Crippen molar-refractivity contribution in [3.8, 4) is 11.5 Å². The molecule has 0 aromatic heterocycles. The lowest BCUT2D eigenvalue weighted by Crippen LogP contribution is -2.32. The summed E-state index contributed by atoms with van der Waals surface area (Å²) in [4.78, 5) is 13.0. The minimum absolute atomic E-state index is 0.0200. The predicted octanol–water partition coefficient (Wildman–Crippen LogP) is 1.53. The van der Waals surface area contributed by atoms with Gasteiger partial charge in [0.25, 0.3) is 0 Å². The van der Waals surface area contributed by atoms with E-state index in [1.54, 1.807) is 27.3 Å². The zero-order valence-electron chi connectivity index (χ0n) is 11.6. The summed E-state index contributed by atoms with van der Waals surface area (Å²) in [6, 6.07) is 3.62. The highest BCUT2D eigenvalue weighted by Gasteiger charge is 2.11. The number of likely N-dealkylation sites (N-methyl/N-ethyl adjacent to an activating group) is 1. The topological polar surface area (TPSA) is 50.8 Å². The van der Waals surface area contributed by atoms with E-state index in [4.69, 9.17) is 21.1 Å². The van der Waals surface area contributed by atoms with Crippen molar-refractivity contribution < 1.29 is 14.3 Å². The number of nitrogens with one attached hydrogen (secondary N) is 1. The molecule has 0 saturated carbocycles. The normalized spacial score (nSPS) is 10.2. The van der Waals surface area contributed by atoms with E-state index in [0.717, 1.165) is 5.56 Å². The van der Waals surface area contributed by atoms with Gasteiger partial charge in [-0.3, -0.25) is 4.79 Å². The van der Waals surface area contributed by atoms with Gasteiger partial charge in [-0.1, -0.05) is 11.6 Å². The highest BCUT2D eigenvalue weighted by atomic mass is 35.5. The molecule has 19 heavy (non-hydrogen) atoms. The number of methoxy groups -OCH3 is 2. The monoisotopic (exact) mass is 286 g/mol. The average molecular weight is 287 g/mol. The SMILES string of the molecule is COc1cc(CNCC(=O)N(C)C)cc(Cl)c1OC. The first-order valence-electron chi connectivity index (χ1n) is 5.80. The van der Waals surface area contributed by atoms with Crippen LogP contribution in [0.5, 0.6) is 11.5 Å². The van der Waals surface area contributed by atoms with Crippen LogP contribution < -0.4 is 14.8 Å². The molecule has 5 nitrogen and oxygen atoms in total. The molecule has 0 aliphatic rings. The third-order valence-electron chi connectivity index (χ3n) is 2.60. The maximum Gasteiger partial charge on any atom is 0.236 e. The molecule has 0 heterocycles. The molecule has 0 fully saturated rings. The van der Waals surface area contributed by atoms with E-state index in [2.05, 4.69) is 5.32 Å². The summed E-state index contributed by atoms with van der Waals surface area (Å²) >= 11 is 6.10. The van der Waals surface area contributed by atoms with Gasteiger partial charge in [-0.05, 0) is 17.7 Å². The molecular weight excluding hydrogens is 268 g/mol. The molecule has 1 rings (SSSR count). The number of rotatable bonds is 6. The lowest BCUT2D eigenvalue weighted by molar-refractivity contribution is -0.127. The van der Waals surface area contributed by atoms with Crippen molar-refractivity contribution in [1.82, 2.24) is 10.2 Å². The third-order valence-corrected chi connectivity index (χ3v) is 2.88. The number of carbonyl (C=O) groups excluding carboxylic acids is 1. The summed E-state index contributed by atoms with van der Waals surface area (Å²) in [5.41, 5.74) is 0.925. The number of amides is 1. The van der Waals surface area contributed by atoms with E-state index in [1.165, 1.54) is 12.0 Å². The fraction of sp³-hybridized carbons (Fsp3) is 0.462. The van der Waals surface area contributed by atoms with Crippen LogP contribution in [0.3, 0.4) is 0 Å². The lowest BCUT2D eigenvalue weighted by atomic mass is 10.2. The Labute approximate surface area is 118 Å². The zero-order valence-corrected chi connectivity index (χ0v) is 12.4. The first-order chi connectivity index (χ1) is 8.99. The number of hydrogen-bond donors (Lipinski definition) is 1. The van der Waals surface area contributed by atoms with E-state index in [-0.39, 0.29) is 12.5 Å². The molecule has 106 valence electrons. The van der Waals surface area contributed by atoms with Crippen LogP contribution in [0.25, 0.3) is 0 Å². The Kier molecular flexibility index (Phi) is 5.92. The molecule has 0 aliphatic heterocycles. The van der Waals surface area contributed by atoms with E-state index in [0.29, 0.717) is 23.1 Å². The summed E-state index contributed by atoms with van der Waals surface area (Å²) in [7, 11) is 6.53. The van der Waals surface area contributed by atoms with Crippen LogP contribution >= 0.6 is 11.6 Å². The van der Waals surface area contributed by atoms with Crippen molar-refractivity contribution in [1.29, 1.82) is 0 Å². The second-order valence-electron chi connectivity index (χ2n) is 4.20. The van der Waals surface area contributed by atoms with Crippen LogP contribution in [0.1, 0.15) is 5.56 Å². The molecule has 1 amide bonds. The molecule has 0 aliphatic carbocycles. The molecule has 0 saturated heterocycles. The Morgan fingerprint density at radius 3 is 2.53 bits per heavy atom. The van der Waals surface area contributed by atoms with Crippen molar-refractivity contribution in [2.45, 2.75) is 6.54 Å². The maximum absolute atomic E-state index is 11.4. The Morgan fingerprint density at radius 1 is 1.32 bits per heavy atom. The minimum Gasteiger partial charge on any atom is -0.493 e. The molecule has 0 atom stereocenters. The van der Waals surface area contributed by atoms with E-state index >= 15 is 0 Å². The van der Waals surface area contributed by atoms with Crippen molar-refractivity contribution in [3.05, 3.63) is 22.7 Å². The van der Waals surface area contributed by atoms with E-state index in [9.17, 15) is 4.79 Å². The van der Waals surface area contributed by atoms with Gasteiger partial charge in [0.2, 0.25) is 5.91 Å². The summed E-state index contributed by atoms with van der Waals surface area (Å²) in [5.74, 6) is 1.11. The molecule has 0 spiro atoms. The Hall–Kier alpha value is -1.46. The standard InChI is InChI=1S/C13H19ClN2O3/c1-16(2)12(17)8-15-7-9-5-10(14)13(19-4)11(6-9)18-3/h5-6,15H,7-8H2,1-4H3. The number of benzene rings is 1. The van der Waals surface area contributed by atoms with Crippen molar-refractivity contribution in [2.75, 3.05) is 34.9 Å². The summed E-state index contributed by atoms with van der Waals surface area (Å²) < 4.78 is 10.4. The quantitative estimate of drug-likeness (QED) is 0.862. The number of nitrogens with zero attached hydrogens (tertiary/aromatic N) is 1. The molecule has 6 heteroatoms. The van der Waals surface area contributed by atoms with Crippen LogP contribution in [0.2, 0.25) is 5.02 Å². The van der Waals surface area contributed by atoms with Crippen molar-refractivity contribution in [2.24, 2.45) is 0 Å². The highest BCUT2D eigenvalue weighted by Crippen LogP contribution is 2.35. The second-order valence-corrected chi connectivity index (χ2v) is 4.61. The van der Waals surface area contributed by atoms with Crippen LogP contribution in [0.15, 0.2) is 12.1 Å². The first-order valence-corrected chi connectivity index (χ1v) is 6.18. The molecule has 0 radical (unpaired) electrons. The largest absolute Gasteiger partial charge is 0.493 e. The molecule has 0 unspecified atom stereocenters. The lowest BCUT2D eigenvalue weighted by Gasteiger charge is -2.13. The molecule has 0 bridgehead atoms. The fourth-order valence-corrected chi connectivity index (χ4v) is 1.86. The van der Waals surface area contributed by atoms with Gasteiger partial charge in [0, 0.05) is 20.6 Å². The number of ether oxygens (including phenoxy) is 2. The fourth-order valence-electron chi connectivity index (χ4n) is 1.55. The van der Waals surface area contributed by atoms with Gasteiger partial charge in [-0.2, -0.15) is 0 Å². The third kappa shape index (κ3) is 4.29. The number of halogens is 1. The second kappa shape index (κ2) is 7.21. The van der Waals surface area contributed by atoms with Gasteiger partial charge in [0.15, 0.2) is 11.5 Å². The zero-order chi connectivity index (χ0) is 14.4. The molecule has 1 aromatic rings. The highest BCUT2D eigenvalue weighted by molar-refractivity contribution is 6.32. The van der Waals surface area contributed by atoms with Crippen LogP contribution in [0, 0.1) is 0 Å². The summed E-state index contributed by atoms with van der Waals surface area (Å²) in [5, 5.41) is 3.54. The minimum atomic E-state index is 0.0200. The maximum atomic E-state index is 11.4. The Bertz CT molecular complexity index is 450. The Morgan fingerprint density at radius 2 is 2.00 bits per heavy atom. The molecular formula is C13H19ClN2O3. The van der Waals surface area contributed by atoms with E-state index < -0.39 is 0 Å². The van der Waals surface area contributed by atoms with Crippen molar-refractivity contribution in [3.63, 3.8) is 0 Å². The van der Waals surface area contributed by atoms with Crippen LogP contribution in [0.4, 0.5) is 0 Å². The van der Waals surface area contributed by atoms with Gasteiger partial charge < -0.3 is 19.7 Å². The smallest absolute Gasteiger partial charge is 0.236 e. The van der Waals surface area contributed by atoms with Gasteiger partial charge in [0.1, 0.15) is 0 Å². The average Bonchev–Trinajstić information content (AvgIpc) is 2.37. The van der Waals surface area contributed by atoms with E-state index in [1.807, 2.05) is 6.07 Å². The predicted molar refractivity (Wildman–Crippen MR) is 75.0 cm³/mol. The van der Waals surface area contributed by atoms with Crippen LogP contribution in [-0.4, -0.2) is 45.7 Å². The van der Waals surface area contributed by atoms with Gasteiger partial charge >= 0.3 is 0 Å². The van der Waals surface area contributed by atoms with Gasteiger partial charge in [-0.15, -0.1) is 0 Å². The summed E-state index contributed by atoms with van der Waals surface area (Å²) in [6.07, 6.45) is 0. The molecule has 1 aromatic carbocycles. The van der Waals surface area contributed by atoms with Crippen molar-refractivity contribution >= 4 is 17.5 Å². The van der Waals surface area contributed by atoms with Gasteiger partial charge in [0.05, 0.1) is 25.8 Å². The Balaban J connectivity index is 2.69. The van der Waals surface area contributed by atoms with Crippen LogP contribution in [-0.2, 0) is 11.3 Å². The summed E-state index contributed by atoms with van der Waals surface area (Å²) in [6.45, 7) is 0.804. The first kappa shape index (κ1) is 15.6. The number of carbonyl (C=O) groups is 1. The van der Waals surface area contributed by atoms with Gasteiger partial charge in [-0.25, -0.2) is 0 Å². The number of hydrogen-bond acceptors (Lipinski definition) is 4. The molecule has 1 N–H and O–H groups in total.